The molecule has 0 radical (unpaired) electrons. The van der Waals surface area contributed by atoms with Crippen LogP contribution in [0.5, 0.6) is 0 Å². The molecule has 0 saturated carbocycles. The standard InChI is InChI=1S/C19H21FN2O3S/c20-15-6-2-1-5-14(15)10-17-21-11-16(26-17)19(25)22-9-3-4-13(12-22)7-8-18(23)24/h1-2,5-6,11,13H,3-4,7-10,12H2,(H,23,24). The summed E-state index contributed by atoms with van der Waals surface area (Å²) in [6.45, 7) is 1.27. The van der Waals surface area contributed by atoms with Crippen LogP contribution in [-0.2, 0) is 11.2 Å². The highest BCUT2D eigenvalue weighted by Gasteiger charge is 2.26. The van der Waals surface area contributed by atoms with Gasteiger partial charge in [-0.05, 0) is 36.8 Å². The maximum Gasteiger partial charge on any atom is 0.303 e. The Morgan fingerprint density at radius 2 is 2.15 bits per heavy atom. The van der Waals surface area contributed by atoms with E-state index in [2.05, 4.69) is 4.98 Å². The summed E-state index contributed by atoms with van der Waals surface area (Å²) in [7, 11) is 0. The molecule has 1 atom stereocenters. The van der Waals surface area contributed by atoms with Gasteiger partial charge in [0.25, 0.3) is 5.91 Å². The van der Waals surface area contributed by atoms with Gasteiger partial charge in [0.15, 0.2) is 0 Å². The molecule has 1 aliphatic rings. The Hall–Kier alpha value is -2.28. The highest BCUT2D eigenvalue weighted by atomic mass is 32.1. The van der Waals surface area contributed by atoms with E-state index in [-0.39, 0.29) is 24.1 Å². The zero-order chi connectivity index (χ0) is 18.5. The first-order valence-corrected chi connectivity index (χ1v) is 9.53. The van der Waals surface area contributed by atoms with Crippen LogP contribution >= 0.6 is 11.3 Å². The molecular formula is C19H21FN2O3S. The SMILES string of the molecule is O=C(O)CCC1CCCN(C(=O)c2cnc(Cc3ccccc3F)s2)C1. The molecule has 1 aromatic carbocycles. The van der Waals surface area contributed by atoms with Crippen molar-refractivity contribution >= 4 is 23.2 Å². The van der Waals surface area contributed by atoms with Crippen molar-refractivity contribution in [1.29, 1.82) is 0 Å². The number of aromatic nitrogens is 1. The van der Waals surface area contributed by atoms with Crippen LogP contribution in [0.2, 0.25) is 0 Å². The van der Waals surface area contributed by atoms with Crippen LogP contribution in [-0.4, -0.2) is 40.0 Å². The smallest absolute Gasteiger partial charge is 0.303 e. The molecule has 2 heterocycles. The van der Waals surface area contributed by atoms with Crippen molar-refractivity contribution in [2.45, 2.75) is 32.1 Å². The Labute approximate surface area is 155 Å². The van der Waals surface area contributed by atoms with Gasteiger partial charge in [-0.1, -0.05) is 18.2 Å². The van der Waals surface area contributed by atoms with Crippen LogP contribution in [0.25, 0.3) is 0 Å². The Morgan fingerprint density at radius 3 is 2.92 bits per heavy atom. The number of halogens is 1. The van der Waals surface area contributed by atoms with Crippen LogP contribution in [0.3, 0.4) is 0 Å². The third-order valence-electron chi connectivity index (χ3n) is 4.64. The Bertz CT molecular complexity index is 793. The normalized spacial score (nSPS) is 17.3. The first-order chi connectivity index (χ1) is 12.5. The van der Waals surface area contributed by atoms with Gasteiger partial charge in [-0.15, -0.1) is 11.3 Å². The largest absolute Gasteiger partial charge is 0.481 e. The molecule has 138 valence electrons. The molecule has 0 bridgehead atoms. The predicted octanol–water partition coefficient (Wildman–Crippen LogP) is 3.59. The maximum absolute atomic E-state index is 13.8. The molecule has 1 aliphatic heterocycles. The number of carbonyl (C=O) groups excluding carboxylic acids is 1. The summed E-state index contributed by atoms with van der Waals surface area (Å²) in [4.78, 5) is 30.1. The summed E-state index contributed by atoms with van der Waals surface area (Å²) in [5.74, 6) is -0.904. The van der Waals surface area contributed by atoms with Crippen LogP contribution < -0.4 is 0 Å². The quantitative estimate of drug-likeness (QED) is 0.836. The molecule has 0 spiro atoms. The number of nitrogens with zero attached hydrogens (tertiary/aromatic N) is 2. The van der Waals surface area contributed by atoms with Gasteiger partial charge in [0.1, 0.15) is 10.7 Å². The zero-order valence-corrected chi connectivity index (χ0v) is 15.2. The lowest BCUT2D eigenvalue weighted by molar-refractivity contribution is -0.137. The summed E-state index contributed by atoms with van der Waals surface area (Å²) < 4.78 is 13.8. The fraction of sp³-hybridized carbons (Fsp3) is 0.421. The van der Waals surface area contributed by atoms with Crippen LogP contribution in [0.4, 0.5) is 4.39 Å². The van der Waals surface area contributed by atoms with Gasteiger partial charge in [-0.25, -0.2) is 9.37 Å². The van der Waals surface area contributed by atoms with Crippen molar-refractivity contribution in [1.82, 2.24) is 9.88 Å². The molecule has 1 fully saturated rings. The van der Waals surface area contributed by atoms with Gasteiger partial charge in [0.05, 0.1) is 11.2 Å². The van der Waals surface area contributed by atoms with E-state index in [1.54, 1.807) is 29.3 Å². The van der Waals surface area contributed by atoms with Crippen molar-refractivity contribution in [3.63, 3.8) is 0 Å². The number of rotatable bonds is 6. The molecule has 26 heavy (non-hydrogen) atoms. The van der Waals surface area contributed by atoms with Gasteiger partial charge in [0, 0.05) is 25.9 Å². The minimum atomic E-state index is -0.798. The van der Waals surface area contributed by atoms with Crippen molar-refractivity contribution in [3.8, 4) is 0 Å². The Kier molecular flexibility index (Phi) is 5.98. The van der Waals surface area contributed by atoms with Gasteiger partial charge >= 0.3 is 5.97 Å². The van der Waals surface area contributed by atoms with E-state index in [1.165, 1.54) is 17.4 Å². The number of thiazole rings is 1. The van der Waals surface area contributed by atoms with E-state index in [1.807, 2.05) is 0 Å². The van der Waals surface area contributed by atoms with Crippen LogP contribution in [0.1, 0.15) is 45.9 Å². The first-order valence-electron chi connectivity index (χ1n) is 8.72. The number of carboxylic acids is 1. The lowest BCUT2D eigenvalue weighted by Crippen LogP contribution is -2.39. The maximum atomic E-state index is 13.8. The molecule has 5 nitrogen and oxygen atoms in total. The fourth-order valence-corrected chi connectivity index (χ4v) is 4.17. The average molecular weight is 376 g/mol. The molecular weight excluding hydrogens is 355 g/mol. The summed E-state index contributed by atoms with van der Waals surface area (Å²) in [5.41, 5.74) is 0.563. The number of hydrogen-bond acceptors (Lipinski definition) is 4. The number of benzene rings is 1. The highest BCUT2D eigenvalue weighted by Crippen LogP contribution is 2.25. The average Bonchev–Trinajstić information content (AvgIpc) is 3.10. The number of likely N-dealkylation sites (tertiary alicyclic amines) is 1. The Morgan fingerprint density at radius 1 is 1.35 bits per heavy atom. The van der Waals surface area contributed by atoms with E-state index >= 15 is 0 Å². The molecule has 7 heteroatoms. The lowest BCUT2D eigenvalue weighted by atomic mass is 9.93. The third-order valence-corrected chi connectivity index (χ3v) is 5.62. The van der Waals surface area contributed by atoms with Gasteiger partial charge in [-0.3, -0.25) is 9.59 Å². The molecule has 0 aliphatic carbocycles. The van der Waals surface area contributed by atoms with E-state index in [0.29, 0.717) is 41.4 Å². The lowest BCUT2D eigenvalue weighted by Gasteiger charge is -2.32. The summed E-state index contributed by atoms with van der Waals surface area (Å²) >= 11 is 1.29. The minimum Gasteiger partial charge on any atom is -0.481 e. The summed E-state index contributed by atoms with van der Waals surface area (Å²) in [6.07, 6.45) is 4.51. The first kappa shape index (κ1) is 18.5. The van der Waals surface area contributed by atoms with E-state index in [9.17, 15) is 14.0 Å². The van der Waals surface area contributed by atoms with Gasteiger partial charge in [-0.2, -0.15) is 0 Å². The summed E-state index contributed by atoms with van der Waals surface area (Å²) in [5, 5.41) is 9.53. The van der Waals surface area contributed by atoms with Crippen LogP contribution in [0.15, 0.2) is 30.5 Å². The zero-order valence-electron chi connectivity index (χ0n) is 14.4. The van der Waals surface area contributed by atoms with Crippen molar-refractivity contribution in [2.75, 3.05) is 13.1 Å². The number of aliphatic carboxylic acids is 1. The molecule has 1 saturated heterocycles. The molecule has 1 N–H and O–H groups in total. The second kappa shape index (κ2) is 8.40. The van der Waals surface area contributed by atoms with Crippen molar-refractivity contribution in [3.05, 3.63) is 51.7 Å². The Balaban J connectivity index is 1.62. The third kappa shape index (κ3) is 4.66. The highest BCUT2D eigenvalue weighted by molar-refractivity contribution is 7.13. The van der Waals surface area contributed by atoms with Crippen LogP contribution in [0, 0.1) is 11.7 Å². The van der Waals surface area contributed by atoms with Gasteiger partial charge < -0.3 is 10.0 Å². The van der Waals surface area contributed by atoms with Crippen molar-refractivity contribution < 1.29 is 19.1 Å². The monoisotopic (exact) mass is 376 g/mol. The molecule has 2 aromatic rings. The number of piperidine rings is 1. The second-order valence-electron chi connectivity index (χ2n) is 6.58. The second-order valence-corrected chi connectivity index (χ2v) is 7.69. The molecule has 3 rings (SSSR count). The predicted molar refractivity (Wildman–Crippen MR) is 96.8 cm³/mol. The number of hydrogen-bond donors (Lipinski definition) is 1. The summed E-state index contributed by atoms with van der Waals surface area (Å²) in [6, 6.07) is 6.56. The number of amides is 1. The minimum absolute atomic E-state index is 0.0673. The molecule has 1 aromatic heterocycles. The number of carbonyl (C=O) groups is 2. The van der Waals surface area contributed by atoms with E-state index in [4.69, 9.17) is 5.11 Å². The fourth-order valence-electron chi connectivity index (χ4n) is 3.26. The molecule has 1 unspecified atom stereocenters. The van der Waals surface area contributed by atoms with E-state index in [0.717, 1.165) is 12.8 Å². The van der Waals surface area contributed by atoms with Gasteiger partial charge in [0.2, 0.25) is 0 Å². The number of carboxylic acid groups (broad SMARTS) is 1. The van der Waals surface area contributed by atoms with Crippen molar-refractivity contribution in [2.24, 2.45) is 5.92 Å². The topological polar surface area (TPSA) is 70.5 Å². The van der Waals surface area contributed by atoms with E-state index < -0.39 is 5.97 Å². The molecule has 1 amide bonds.